The lowest BCUT2D eigenvalue weighted by atomic mass is 9.90. The van der Waals surface area contributed by atoms with Crippen molar-refractivity contribution in [3.8, 4) is 0 Å². The Bertz CT molecular complexity index is 324. The molecule has 0 saturated carbocycles. The number of unbranched alkanes of at least 4 members (excludes halogenated alkanes) is 1. The van der Waals surface area contributed by atoms with E-state index in [-0.39, 0.29) is 5.75 Å². The van der Waals surface area contributed by atoms with E-state index in [2.05, 4.69) is 0 Å². The fourth-order valence-electron chi connectivity index (χ4n) is 2.17. The van der Waals surface area contributed by atoms with Gasteiger partial charge in [-0.1, -0.05) is 13.3 Å². The molecular formula is C11H23NO3S. The number of rotatable bonds is 4. The second-order valence-corrected chi connectivity index (χ2v) is 7.07. The van der Waals surface area contributed by atoms with Crippen molar-refractivity contribution in [2.24, 2.45) is 0 Å². The van der Waals surface area contributed by atoms with E-state index in [4.69, 9.17) is 0 Å². The summed E-state index contributed by atoms with van der Waals surface area (Å²) in [6.07, 6.45) is 2.43. The predicted molar refractivity (Wildman–Crippen MR) is 64.7 cm³/mol. The Labute approximate surface area is 98.7 Å². The standard InChI is InChI=1S/C11H23NO3S/c1-4-5-9-16(14,15)12-8-6-7-10(13)11(12,2)3/h10,13H,4-9H2,1-3H3. The molecule has 1 aliphatic heterocycles. The van der Waals surface area contributed by atoms with Crippen LogP contribution in [0.15, 0.2) is 0 Å². The minimum Gasteiger partial charge on any atom is -0.391 e. The van der Waals surface area contributed by atoms with Crippen molar-refractivity contribution in [1.82, 2.24) is 4.31 Å². The molecule has 96 valence electrons. The van der Waals surface area contributed by atoms with E-state index in [9.17, 15) is 13.5 Å². The van der Waals surface area contributed by atoms with Crippen molar-refractivity contribution in [2.75, 3.05) is 12.3 Å². The van der Waals surface area contributed by atoms with Crippen LogP contribution in [-0.4, -0.2) is 41.8 Å². The smallest absolute Gasteiger partial charge is 0.214 e. The minimum absolute atomic E-state index is 0.194. The lowest BCUT2D eigenvalue weighted by Gasteiger charge is -2.44. The topological polar surface area (TPSA) is 57.6 Å². The highest BCUT2D eigenvalue weighted by atomic mass is 32.2. The maximum absolute atomic E-state index is 12.1. The molecule has 1 saturated heterocycles. The SMILES string of the molecule is CCCCS(=O)(=O)N1CCCC(O)C1(C)C. The van der Waals surface area contributed by atoms with Gasteiger partial charge in [0.05, 0.1) is 17.4 Å². The van der Waals surface area contributed by atoms with Gasteiger partial charge in [-0.15, -0.1) is 0 Å². The highest BCUT2D eigenvalue weighted by molar-refractivity contribution is 7.89. The highest BCUT2D eigenvalue weighted by Crippen LogP contribution is 2.30. The predicted octanol–water partition coefficient (Wildman–Crippen LogP) is 1.35. The first-order chi connectivity index (χ1) is 7.32. The second kappa shape index (κ2) is 5.02. The third-order valence-electron chi connectivity index (χ3n) is 3.39. The van der Waals surface area contributed by atoms with Gasteiger partial charge in [0.15, 0.2) is 0 Å². The van der Waals surface area contributed by atoms with E-state index >= 15 is 0 Å². The molecule has 0 spiro atoms. The largest absolute Gasteiger partial charge is 0.391 e. The summed E-state index contributed by atoms with van der Waals surface area (Å²) in [5.41, 5.74) is -0.662. The molecule has 1 rings (SSSR count). The third-order valence-corrected chi connectivity index (χ3v) is 5.52. The Morgan fingerprint density at radius 2 is 2.06 bits per heavy atom. The Morgan fingerprint density at radius 3 is 2.62 bits per heavy atom. The molecule has 1 fully saturated rings. The molecule has 0 radical (unpaired) electrons. The number of aliphatic hydroxyl groups excluding tert-OH is 1. The fourth-order valence-corrected chi connectivity index (χ4v) is 4.29. The maximum Gasteiger partial charge on any atom is 0.214 e. The van der Waals surface area contributed by atoms with Gasteiger partial charge in [0, 0.05) is 6.54 Å². The van der Waals surface area contributed by atoms with Gasteiger partial charge in [0.25, 0.3) is 0 Å². The average Bonchev–Trinajstić information content (AvgIpc) is 2.19. The second-order valence-electron chi connectivity index (χ2n) is 5.05. The van der Waals surface area contributed by atoms with Crippen molar-refractivity contribution in [3.05, 3.63) is 0 Å². The minimum atomic E-state index is -3.21. The van der Waals surface area contributed by atoms with Crippen LogP contribution in [-0.2, 0) is 10.0 Å². The van der Waals surface area contributed by atoms with Crippen LogP contribution in [0.2, 0.25) is 0 Å². The molecule has 1 aliphatic rings. The van der Waals surface area contributed by atoms with Gasteiger partial charge in [-0.25, -0.2) is 8.42 Å². The molecule has 0 aromatic heterocycles. The summed E-state index contributed by atoms with van der Waals surface area (Å²) in [6.45, 7) is 6.13. The molecular weight excluding hydrogens is 226 g/mol. The van der Waals surface area contributed by atoms with Crippen LogP contribution in [0.3, 0.4) is 0 Å². The molecule has 1 unspecified atom stereocenters. The van der Waals surface area contributed by atoms with Crippen molar-refractivity contribution in [2.45, 2.75) is 58.1 Å². The molecule has 0 bridgehead atoms. The van der Waals surface area contributed by atoms with Gasteiger partial charge in [0.1, 0.15) is 0 Å². The van der Waals surface area contributed by atoms with Crippen molar-refractivity contribution < 1.29 is 13.5 Å². The molecule has 4 nitrogen and oxygen atoms in total. The van der Waals surface area contributed by atoms with Crippen LogP contribution in [0, 0.1) is 0 Å². The molecule has 0 amide bonds. The van der Waals surface area contributed by atoms with E-state index in [1.807, 2.05) is 6.92 Å². The number of hydrogen-bond donors (Lipinski definition) is 1. The molecule has 1 N–H and O–H groups in total. The summed E-state index contributed by atoms with van der Waals surface area (Å²) >= 11 is 0. The first kappa shape index (κ1) is 13.9. The van der Waals surface area contributed by atoms with Gasteiger partial charge in [-0.05, 0) is 33.1 Å². The van der Waals surface area contributed by atoms with Gasteiger partial charge < -0.3 is 5.11 Å². The van der Waals surface area contributed by atoms with Gasteiger partial charge >= 0.3 is 0 Å². The quantitative estimate of drug-likeness (QED) is 0.818. The average molecular weight is 249 g/mol. The van der Waals surface area contributed by atoms with Crippen LogP contribution in [0.25, 0.3) is 0 Å². The normalized spacial score (nSPS) is 26.9. The summed E-state index contributed by atoms with van der Waals surface area (Å²) in [4.78, 5) is 0. The number of sulfonamides is 1. The highest BCUT2D eigenvalue weighted by Gasteiger charge is 2.43. The van der Waals surface area contributed by atoms with E-state index in [1.54, 1.807) is 13.8 Å². The Balaban J connectivity index is 2.85. The van der Waals surface area contributed by atoms with Gasteiger partial charge in [0.2, 0.25) is 10.0 Å². The molecule has 0 aliphatic carbocycles. The van der Waals surface area contributed by atoms with Gasteiger partial charge in [-0.2, -0.15) is 4.31 Å². The van der Waals surface area contributed by atoms with Crippen molar-refractivity contribution in [3.63, 3.8) is 0 Å². The number of aliphatic hydroxyl groups is 1. The summed E-state index contributed by atoms with van der Waals surface area (Å²) in [5.74, 6) is 0.194. The molecule has 5 heteroatoms. The first-order valence-electron chi connectivity index (χ1n) is 6.01. The molecule has 1 heterocycles. The lowest BCUT2D eigenvalue weighted by molar-refractivity contribution is 0.000236. The number of hydrogen-bond acceptors (Lipinski definition) is 3. The van der Waals surface area contributed by atoms with E-state index < -0.39 is 21.7 Å². The zero-order valence-corrected chi connectivity index (χ0v) is 11.3. The van der Waals surface area contributed by atoms with Crippen LogP contribution >= 0.6 is 0 Å². The summed E-state index contributed by atoms with van der Waals surface area (Å²) < 4.78 is 25.7. The van der Waals surface area contributed by atoms with E-state index in [0.29, 0.717) is 19.4 Å². The third kappa shape index (κ3) is 2.76. The first-order valence-corrected chi connectivity index (χ1v) is 7.62. The van der Waals surface area contributed by atoms with Crippen LogP contribution < -0.4 is 0 Å². The zero-order valence-electron chi connectivity index (χ0n) is 10.4. The monoisotopic (exact) mass is 249 g/mol. The summed E-state index contributed by atoms with van der Waals surface area (Å²) in [7, 11) is -3.21. The van der Waals surface area contributed by atoms with Crippen LogP contribution in [0.1, 0.15) is 46.5 Å². The van der Waals surface area contributed by atoms with Crippen molar-refractivity contribution >= 4 is 10.0 Å². The summed E-state index contributed by atoms with van der Waals surface area (Å²) in [5, 5.41) is 9.89. The molecule has 0 aromatic rings. The number of nitrogens with zero attached hydrogens (tertiary/aromatic N) is 1. The lowest BCUT2D eigenvalue weighted by Crippen LogP contribution is -2.58. The maximum atomic E-state index is 12.1. The Kier molecular flexibility index (Phi) is 4.37. The van der Waals surface area contributed by atoms with Crippen LogP contribution in [0.4, 0.5) is 0 Å². The fraction of sp³-hybridized carbons (Fsp3) is 1.00. The van der Waals surface area contributed by atoms with Crippen LogP contribution in [0.5, 0.6) is 0 Å². The van der Waals surface area contributed by atoms with E-state index in [1.165, 1.54) is 4.31 Å². The van der Waals surface area contributed by atoms with E-state index in [0.717, 1.165) is 12.8 Å². The Morgan fingerprint density at radius 1 is 1.44 bits per heavy atom. The van der Waals surface area contributed by atoms with Crippen molar-refractivity contribution in [1.29, 1.82) is 0 Å². The Hall–Kier alpha value is -0.130. The summed E-state index contributed by atoms with van der Waals surface area (Å²) in [6, 6.07) is 0. The van der Waals surface area contributed by atoms with Gasteiger partial charge in [-0.3, -0.25) is 0 Å². The molecule has 16 heavy (non-hydrogen) atoms. The molecule has 1 atom stereocenters. The number of piperidine rings is 1. The molecule has 0 aromatic carbocycles. The zero-order chi connectivity index (χ0) is 12.4.